The Morgan fingerprint density at radius 2 is 1.94 bits per heavy atom. The first-order valence-electron chi connectivity index (χ1n) is 6.56. The smallest absolute Gasteiger partial charge is 0.223 e. The summed E-state index contributed by atoms with van der Waals surface area (Å²) in [5.41, 5.74) is 5.68. The second-order valence-electron chi connectivity index (χ2n) is 5.44. The molecular weight excluding hydrogens is 200 g/mol. The third-order valence-corrected chi connectivity index (χ3v) is 3.44. The number of rotatable bonds is 7. The number of hydrogen-bond acceptors (Lipinski definition) is 2. The van der Waals surface area contributed by atoms with E-state index in [4.69, 9.17) is 5.73 Å². The van der Waals surface area contributed by atoms with E-state index in [0.29, 0.717) is 6.04 Å². The lowest BCUT2D eigenvalue weighted by Gasteiger charge is -2.17. The number of hydrogen-bond donors (Lipinski definition) is 2. The molecular formula is C13H26N2O. The molecule has 1 amide bonds. The van der Waals surface area contributed by atoms with Crippen LogP contribution in [0.4, 0.5) is 0 Å². The molecule has 3 heteroatoms. The van der Waals surface area contributed by atoms with Crippen molar-refractivity contribution in [2.75, 3.05) is 0 Å². The maximum atomic E-state index is 11.8. The fourth-order valence-corrected chi connectivity index (χ4v) is 1.96. The normalized spacial score (nSPS) is 21.2. The van der Waals surface area contributed by atoms with Gasteiger partial charge in [0.2, 0.25) is 5.91 Å². The van der Waals surface area contributed by atoms with Crippen LogP contribution < -0.4 is 11.1 Å². The van der Waals surface area contributed by atoms with Crippen molar-refractivity contribution in [3.05, 3.63) is 0 Å². The lowest BCUT2D eigenvalue weighted by Crippen LogP contribution is -2.37. The SMILES string of the molecule is CC(N)CCCC(C)C(=O)NC(C)C1CC1. The molecule has 0 aliphatic heterocycles. The topological polar surface area (TPSA) is 55.1 Å². The van der Waals surface area contributed by atoms with E-state index in [1.807, 2.05) is 13.8 Å². The summed E-state index contributed by atoms with van der Waals surface area (Å²) < 4.78 is 0. The van der Waals surface area contributed by atoms with Crippen molar-refractivity contribution in [2.45, 2.75) is 65.0 Å². The van der Waals surface area contributed by atoms with Gasteiger partial charge in [0.15, 0.2) is 0 Å². The van der Waals surface area contributed by atoms with Gasteiger partial charge in [-0.1, -0.05) is 13.3 Å². The van der Waals surface area contributed by atoms with Crippen molar-refractivity contribution in [3.63, 3.8) is 0 Å². The second-order valence-corrected chi connectivity index (χ2v) is 5.44. The summed E-state index contributed by atoms with van der Waals surface area (Å²) in [4.78, 5) is 11.8. The molecule has 3 N–H and O–H groups in total. The van der Waals surface area contributed by atoms with E-state index in [2.05, 4.69) is 12.2 Å². The van der Waals surface area contributed by atoms with Crippen molar-refractivity contribution in [1.82, 2.24) is 5.32 Å². The number of nitrogens with one attached hydrogen (secondary N) is 1. The fourth-order valence-electron chi connectivity index (χ4n) is 1.96. The third-order valence-electron chi connectivity index (χ3n) is 3.44. The van der Waals surface area contributed by atoms with E-state index in [-0.39, 0.29) is 17.9 Å². The summed E-state index contributed by atoms with van der Waals surface area (Å²) in [6, 6.07) is 0.615. The number of carbonyl (C=O) groups excluding carboxylic acids is 1. The summed E-state index contributed by atoms with van der Waals surface area (Å²) in [6.45, 7) is 6.14. The highest BCUT2D eigenvalue weighted by Gasteiger charge is 2.29. The van der Waals surface area contributed by atoms with Crippen LogP contribution in [0.25, 0.3) is 0 Å². The summed E-state index contributed by atoms with van der Waals surface area (Å²) in [5.74, 6) is 1.07. The van der Waals surface area contributed by atoms with Gasteiger partial charge < -0.3 is 11.1 Å². The zero-order valence-electron chi connectivity index (χ0n) is 10.8. The Kier molecular flexibility index (Phi) is 5.26. The van der Waals surface area contributed by atoms with Gasteiger partial charge in [0.05, 0.1) is 0 Å². The van der Waals surface area contributed by atoms with Crippen LogP contribution in [0.5, 0.6) is 0 Å². The van der Waals surface area contributed by atoms with E-state index in [1.54, 1.807) is 0 Å². The fraction of sp³-hybridized carbons (Fsp3) is 0.923. The predicted molar refractivity (Wildman–Crippen MR) is 67.0 cm³/mol. The zero-order valence-corrected chi connectivity index (χ0v) is 10.8. The lowest BCUT2D eigenvalue weighted by molar-refractivity contribution is -0.125. The first-order valence-corrected chi connectivity index (χ1v) is 6.56. The summed E-state index contributed by atoms with van der Waals surface area (Å²) in [6.07, 6.45) is 5.56. The average Bonchev–Trinajstić information content (AvgIpc) is 2.99. The van der Waals surface area contributed by atoms with E-state index in [0.717, 1.165) is 25.2 Å². The molecule has 1 aliphatic carbocycles. The largest absolute Gasteiger partial charge is 0.353 e. The first kappa shape index (κ1) is 13.5. The van der Waals surface area contributed by atoms with Gasteiger partial charge >= 0.3 is 0 Å². The molecule has 1 aliphatic rings. The number of amides is 1. The zero-order chi connectivity index (χ0) is 12.1. The third kappa shape index (κ3) is 4.97. The molecule has 0 aromatic heterocycles. The Morgan fingerprint density at radius 1 is 1.31 bits per heavy atom. The molecule has 3 unspecified atom stereocenters. The highest BCUT2D eigenvalue weighted by atomic mass is 16.1. The molecule has 1 fully saturated rings. The lowest BCUT2D eigenvalue weighted by atomic mass is 10.0. The standard InChI is InChI=1S/C13H26N2O/c1-9(5-4-6-10(2)14)13(16)15-11(3)12-7-8-12/h9-12H,4-8,14H2,1-3H3,(H,15,16). The Labute approximate surface area is 99.2 Å². The molecule has 0 radical (unpaired) electrons. The van der Waals surface area contributed by atoms with Crippen molar-refractivity contribution < 1.29 is 4.79 Å². The Hall–Kier alpha value is -0.570. The van der Waals surface area contributed by atoms with Gasteiger partial charge in [0.1, 0.15) is 0 Å². The molecule has 16 heavy (non-hydrogen) atoms. The predicted octanol–water partition coefficient (Wildman–Crippen LogP) is 2.05. The molecule has 1 saturated carbocycles. The van der Waals surface area contributed by atoms with Crippen LogP contribution in [0.2, 0.25) is 0 Å². The molecule has 0 aromatic rings. The quantitative estimate of drug-likeness (QED) is 0.698. The van der Waals surface area contributed by atoms with Crippen LogP contribution in [0.1, 0.15) is 52.9 Å². The number of carbonyl (C=O) groups is 1. The minimum atomic E-state index is 0.125. The minimum Gasteiger partial charge on any atom is -0.353 e. The van der Waals surface area contributed by atoms with Crippen LogP contribution in [0.3, 0.4) is 0 Å². The summed E-state index contributed by atoms with van der Waals surface area (Å²) in [7, 11) is 0. The Bertz CT molecular complexity index is 224. The van der Waals surface area contributed by atoms with Crippen LogP contribution in [0.15, 0.2) is 0 Å². The van der Waals surface area contributed by atoms with Crippen molar-refractivity contribution in [2.24, 2.45) is 17.6 Å². The van der Waals surface area contributed by atoms with Crippen LogP contribution in [-0.4, -0.2) is 18.0 Å². The van der Waals surface area contributed by atoms with Crippen LogP contribution >= 0.6 is 0 Å². The Morgan fingerprint density at radius 3 is 2.44 bits per heavy atom. The molecule has 94 valence electrons. The van der Waals surface area contributed by atoms with Crippen LogP contribution in [0, 0.1) is 11.8 Å². The van der Waals surface area contributed by atoms with E-state index < -0.39 is 0 Å². The van der Waals surface area contributed by atoms with E-state index >= 15 is 0 Å². The molecule has 0 bridgehead atoms. The number of nitrogens with two attached hydrogens (primary N) is 1. The van der Waals surface area contributed by atoms with E-state index in [1.165, 1.54) is 12.8 Å². The first-order chi connectivity index (χ1) is 7.50. The van der Waals surface area contributed by atoms with Gasteiger partial charge in [0.25, 0.3) is 0 Å². The Balaban J connectivity index is 2.14. The second kappa shape index (κ2) is 6.24. The van der Waals surface area contributed by atoms with Gasteiger partial charge in [-0.25, -0.2) is 0 Å². The van der Waals surface area contributed by atoms with Gasteiger partial charge in [-0.05, 0) is 45.4 Å². The highest BCUT2D eigenvalue weighted by Crippen LogP contribution is 2.32. The molecule has 0 aromatic carbocycles. The van der Waals surface area contributed by atoms with Gasteiger partial charge in [-0.15, -0.1) is 0 Å². The average molecular weight is 226 g/mol. The summed E-state index contributed by atoms with van der Waals surface area (Å²) in [5, 5.41) is 3.11. The molecule has 0 saturated heterocycles. The van der Waals surface area contributed by atoms with Gasteiger partial charge in [-0.2, -0.15) is 0 Å². The van der Waals surface area contributed by atoms with Gasteiger partial charge in [-0.3, -0.25) is 4.79 Å². The molecule has 1 rings (SSSR count). The molecule has 0 heterocycles. The maximum Gasteiger partial charge on any atom is 0.223 e. The maximum absolute atomic E-state index is 11.8. The molecule has 3 atom stereocenters. The van der Waals surface area contributed by atoms with Crippen molar-refractivity contribution in [1.29, 1.82) is 0 Å². The summed E-state index contributed by atoms with van der Waals surface area (Å²) >= 11 is 0. The van der Waals surface area contributed by atoms with Gasteiger partial charge in [0, 0.05) is 18.0 Å². The highest BCUT2D eigenvalue weighted by molar-refractivity contribution is 5.78. The molecule has 3 nitrogen and oxygen atoms in total. The van der Waals surface area contributed by atoms with E-state index in [9.17, 15) is 4.79 Å². The van der Waals surface area contributed by atoms with Crippen molar-refractivity contribution in [3.8, 4) is 0 Å². The monoisotopic (exact) mass is 226 g/mol. The molecule has 0 spiro atoms. The van der Waals surface area contributed by atoms with Crippen LogP contribution in [-0.2, 0) is 4.79 Å². The minimum absolute atomic E-state index is 0.125. The van der Waals surface area contributed by atoms with Crippen molar-refractivity contribution >= 4 is 5.91 Å².